The molecule has 1 fully saturated rings. The summed E-state index contributed by atoms with van der Waals surface area (Å²) < 4.78 is 0. The van der Waals surface area contributed by atoms with E-state index >= 15 is 0 Å². The van der Waals surface area contributed by atoms with Crippen LogP contribution in [-0.4, -0.2) is 48.0 Å². The van der Waals surface area contributed by atoms with Crippen LogP contribution in [0.3, 0.4) is 0 Å². The second-order valence-electron chi connectivity index (χ2n) is 8.68. The first kappa shape index (κ1) is 19.9. The number of nitrogens with zero attached hydrogens (tertiary/aromatic N) is 4. The molecule has 0 saturated carbocycles. The summed E-state index contributed by atoms with van der Waals surface area (Å²) in [5.41, 5.74) is 5.74. The predicted octanol–water partition coefficient (Wildman–Crippen LogP) is 3.57. The fraction of sp³-hybridized carbons (Fsp3) is 0.500. The van der Waals surface area contributed by atoms with Gasteiger partial charge in [-0.05, 0) is 63.0 Å². The van der Waals surface area contributed by atoms with E-state index in [0.29, 0.717) is 11.5 Å². The maximum Gasteiger partial charge on any atom is 0.144 e. The SMILES string of the molecule is Cc1ccc(CN2CCC(CNc3nc4c(cc3C#N)CN(C)CC4)CC2)cc1. The standard InChI is InChI=1S/C24H31N5/c1-18-3-5-20(6-4-18)16-29-11-7-19(8-12-29)15-26-24-21(14-25)13-22-17-28(2)10-9-23(22)27-24/h3-6,13,19H,7-12,15-17H2,1-2H3,(H,26,27). The van der Waals surface area contributed by atoms with E-state index < -0.39 is 0 Å². The second kappa shape index (κ2) is 8.94. The maximum atomic E-state index is 9.56. The van der Waals surface area contributed by atoms with Gasteiger partial charge in [-0.15, -0.1) is 0 Å². The minimum absolute atomic E-state index is 0.639. The molecule has 0 bridgehead atoms. The van der Waals surface area contributed by atoms with E-state index in [1.807, 2.05) is 6.07 Å². The number of benzene rings is 1. The molecule has 29 heavy (non-hydrogen) atoms. The Labute approximate surface area is 174 Å². The van der Waals surface area contributed by atoms with Crippen LogP contribution in [-0.2, 0) is 19.5 Å². The molecule has 0 radical (unpaired) electrons. The van der Waals surface area contributed by atoms with E-state index in [9.17, 15) is 5.26 Å². The topological polar surface area (TPSA) is 55.2 Å². The number of fused-ring (bicyclic) bond motifs is 1. The van der Waals surface area contributed by atoms with Crippen molar-refractivity contribution in [1.29, 1.82) is 5.26 Å². The molecule has 0 amide bonds. The Bertz CT molecular complexity index is 875. The number of rotatable bonds is 5. The van der Waals surface area contributed by atoms with Crippen LogP contribution in [0.15, 0.2) is 30.3 Å². The van der Waals surface area contributed by atoms with Crippen LogP contribution in [0.5, 0.6) is 0 Å². The molecule has 2 aliphatic heterocycles. The van der Waals surface area contributed by atoms with E-state index in [2.05, 4.69) is 59.4 Å². The molecule has 4 rings (SSSR count). The first-order valence-corrected chi connectivity index (χ1v) is 10.7. The second-order valence-corrected chi connectivity index (χ2v) is 8.68. The number of aryl methyl sites for hydroxylation is 1. The van der Waals surface area contributed by atoms with Crippen molar-refractivity contribution in [3.63, 3.8) is 0 Å². The van der Waals surface area contributed by atoms with Crippen LogP contribution in [0.2, 0.25) is 0 Å². The van der Waals surface area contributed by atoms with Crippen LogP contribution in [0, 0.1) is 24.2 Å². The smallest absolute Gasteiger partial charge is 0.144 e. The Balaban J connectivity index is 1.30. The number of likely N-dealkylation sites (tertiary alicyclic amines) is 1. The number of nitrogens with one attached hydrogen (secondary N) is 1. The number of anilines is 1. The Morgan fingerprint density at radius 3 is 2.66 bits per heavy atom. The lowest BCUT2D eigenvalue weighted by Gasteiger charge is -2.32. The van der Waals surface area contributed by atoms with Gasteiger partial charge in [0, 0.05) is 38.3 Å². The largest absolute Gasteiger partial charge is 0.369 e. The third kappa shape index (κ3) is 4.95. The van der Waals surface area contributed by atoms with Crippen LogP contribution >= 0.6 is 0 Å². The number of hydrogen-bond acceptors (Lipinski definition) is 5. The number of likely N-dealkylation sites (N-methyl/N-ethyl adjacent to an activating group) is 1. The first-order valence-electron chi connectivity index (χ1n) is 10.7. The lowest BCUT2D eigenvalue weighted by molar-refractivity contribution is 0.182. The molecular weight excluding hydrogens is 358 g/mol. The summed E-state index contributed by atoms with van der Waals surface area (Å²) in [4.78, 5) is 9.64. The van der Waals surface area contributed by atoms with E-state index in [1.54, 1.807) is 0 Å². The zero-order valence-corrected chi connectivity index (χ0v) is 17.6. The lowest BCUT2D eigenvalue weighted by atomic mass is 9.96. The molecule has 1 N–H and O–H groups in total. The molecule has 152 valence electrons. The van der Waals surface area contributed by atoms with Gasteiger partial charge in [-0.2, -0.15) is 5.26 Å². The summed E-state index contributed by atoms with van der Waals surface area (Å²) >= 11 is 0. The Morgan fingerprint density at radius 1 is 1.17 bits per heavy atom. The monoisotopic (exact) mass is 389 g/mol. The minimum atomic E-state index is 0.639. The molecule has 0 atom stereocenters. The summed E-state index contributed by atoms with van der Waals surface area (Å²) in [5, 5.41) is 13.1. The molecular formula is C24H31N5. The highest BCUT2D eigenvalue weighted by Crippen LogP contribution is 2.24. The van der Waals surface area contributed by atoms with Gasteiger partial charge in [0.05, 0.1) is 5.56 Å². The first-order chi connectivity index (χ1) is 14.1. The van der Waals surface area contributed by atoms with Crippen molar-refractivity contribution in [1.82, 2.24) is 14.8 Å². The van der Waals surface area contributed by atoms with Crippen molar-refractivity contribution in [3.8, 4) is 6.07 Å². The molecule has 5 heteroatoms. The van der Waals surface area contributed by atoms with Gasteiger partial charge in [-0.25, -0.2) is 4.98 Å². The van der Waals surface area contributed by atoms with Gasteiger partial charge >= 0.3 is 0 Å². The van der Waals surface area contributed by atoms with Crippen molar-refractivity contribution in [2.24, 2.45) is 5.92 Å². The Morgan fingerprint density at radius 2 is 1.93 bits per heavy atom. The van der Waals surface area contributed by atoms with E-state index in [0.717, 1.165) is 57.2 Å². The number of nitriles is 1. The van der Waals surface area contributed by atoms with E-state index in [-0.39, 0.29) is 0 Å². The molecule has 0 spiro atoms. The molecule has 1 aromatic heterocycles. The summed E-state index contributed by atoms with van der Waals surface area (Å²) in [6, 6.07) is 13.2. The van der Waals surface area contributed by atoms with Crippen LogP contribution < -0.4 is 5.32 Å². The van der Waals surface area contributed by atoms with Crippen molar-refractivity contribution in [3.05, 3.63) is 58.3 Å². The Kier molecular flexibility index (Phi) is 6.13. The molecule has 2 aromatic rings. The van der Waals surface area contributed by atoms with Gasteiger partial charge in [0.15, 0.2) is 0 Å². The summed E-state index contributed by atoms with van der Waals surface area (Å²) in [5.74, 6) is 1.41. The van der Waals surface area contributed by atoms with Gasteiger partial charge in [-0.1, -0.05) is 29.8 Å². The van der Waals surface area contributed by atoms with Crippen molar-refractivity contribution >= 4 is 5.82 Å². The third-order valence-corrected chi connectivity index (χ3v) is 6.27. The third-order valence-electron chi connectivity index (χ3n) is 6.27. The highest BCUT2D eigenvalue weighted by Gasteiger charge is 2.21. The normalized spacial score (nSPS) is 18.2. The quantitative estimate of drug-likeness (QED) is 0.847. The Hall–Kier alpha value is -2.42. The highest BCUT2D eigenvalue weighted by atomic mass is 15.1. The molecule has 1 aromatic carbocycles. The van der Waals surface area contributed by atoms with Gasteiger partial charge in [-0.3, -0.25) is 4.90 Å². The maximum absolute atomic E-state index is 9.56. The fourth-order valence-electron chi connectivity index (χ4n) is 4.37. The van der Waals surface area contributed by atoms with Crippen LogP contribution in [0.4, 0.5) is 5.82 Å². The molecule has 3 heterocycles. The van der Waals surface area contributed by atoms with Crippen molar-refractivity contribution < 1.29 is 0 Å². The highest BCUT2D eigenvalue weighted by molar-refractivity contribution is 5.54. The minimum Gasteiger partial charge on any atom is -0.369 e. The lowest BCUT2D eigenvalue weighted by Crippen LogP contribution is -2.35. The van der Waals surface area contributed by atoms with Crippen molar-refractivity contribution in [2.75, 3.05) is 38.5 Å². The zero-order chi connectivity index (χ0) is 20.2. The molecule has 5 nitrogen and oxygen atoms in total. The van der Waals surface area contributed by atoms with Crippen LogP contribution in [0.25, 0.3) is 0 Å². The zero-order valence-electron chi connectivity index (χ0n) is 17.6. The van der Waals surface area contributed by atoms with Crippen LogP contribution in [0.1, 0.15) is 40.8 Å². The van der Waals surface area contributed by atoms with Gasteiger partial charge in [0.1, 0.15) is 11.9 Å². The molecule has 2 aliphatic rings. The number of aromatic nitrogens is 1. The molecule has 1 saturated heterocycles. The number of piperidine rings is 1. The summed E-state index contributed by atoms with van der Waals surface area (Å²) in [6.45, 7) is 8.26. The molecule has 0 aliphatic carbocycles. The summed E-state index contributed by atoms with van der Waals surface area (Å²) in [6.07, 6.45) is 3.34. The predicted molar refractivity (Wildman–Crippen MR) is 117 cm³/mol. The van der Waals surface area contributed by atoms with Gasteiger partial charge in [0.2, 0.25) is 0 Å². The van der Waals surface area contributed by atoms with Gasteiger partial charge < -0.3 is 10.2 Å². The number of pyridine rings is 1. The van der Waals surface area contributed by atoms with Crippen molar-refractivity contribution in [2.45, 2.75) is 39.3 Å². The summed E-state index contributed by atoms with van der Waals surface area (Å²) in [7, 11) is 2.12. The van der Waals surface area contributed by atoms with E-state index in [1.165, 1.54) is 29.5 Å². The average Bonchev–Trinajstić information content (AvgIpc) is 2.74. The van der Waals surface area contributed by atoms with Gasteiger partial charge in [0.25, 0.3) is 0 Å². The molecule has 0 unspecified atom stereocenters. The number of hydrogen-bond donors (Lipinski definition) is 1. The average molecular weight is 390 g/mol. The van der Waals surface area contributed by atoms with E-state index in [4.69, 9.17) is 4.98 Å². The fourth-order valence-corrected chi connectivity index (χ4v) is 4.37.